The summed E-state index contributed by atoms with van der Waals surface area (Å²) in [7, 11) is 0. The molecule has 2 atom stereocenters. The third-order valence-corrected chi connectivity index (χ3v) is 2.98. The minimum atomic E-state index is -0.848. The van der Waals surface area contributed by atoms with Crippen molar-refractivity contribution in [2.45, 2.75) is 26.3 Å². The number of aromatic nitrogens is 1. The highest BCUT2D eigenvalue weighted by molar-refractivity contribution is 9.10. The minimum absolute atomic E-state index is 0.0583. The molecular formula is C11H15BrN2O2. The Morgan fingerprint density at radius 2 is 2.31 bits per heavy atom. The van der Waals surface area contributed by atoms with E-state index in [1.54, 1.807) is 12.3 Å². The van der Waals surface area contributed by atoms with Crippen molar-refractivity contribution in [3.63, 3.8) is 0 Å². The molecule has 2 N–H and O–H groups in total. The fourth-order valence-corrected chi connectivity index (χ4v) is 1.54. The smallest absolute Gasteiger partial charge is 0.326 e. The van der Waals surface area contributed by atoms with Gasteiger partial charge in [0.15, 0.2) is 0 Å². The van der Waals surface area contributed by atoms with Gasteiger partial charge in [0.25, 0.3) is 0 Å². The highest BCUT2D eigenvalue weighted by Crippen LogP contribution is 2.15. The van der Waals surface area contributed by atoms with Gasteiger partial charge in [0.2, 0.25) is 0 Å². The van der Waals surface area contributed by atoms with Crippen LogP contribution in [0.15, 0.2) is 22.8 Å². The zero-order valence-electron chi connectivity index (χ0n) is 9.27. The molecule has 0 aromatic carbocycles. The molecule has 0 spiro atoms. The van der Waals surface area contributed by atoms with Gasteiger partial charge < -0.3 is 10.4 Å². The molecule has 0 saturated heterocycles. The lowest BCUT2D eigenvalue weighted by Crippen LogP contribution is -2.35. The number of nitrogens with zero attached hydrogens (tertiary/aromatic N) is 1. The van der Waals surface area contributed by atoms with Crippen LogP contribution < -0.4 is 5.32 Å². The summed E-state index contributed by atoms with van der Waals surface area (Å²) in [5, 5.41) is 12.0. The molecule has 5 heteroatoms. The van der Waals surface area contributed by atoms with Crippen molar-refractivity contribution in [2.75, 3.05) is 5.32 Å². The van der Waals surface area contributed by atoms with Crippen LogP contribution >= 0.6 is 15.9 Å². The van der Waals surface area contributed by atoms with Crippen LogP contribution in [0.1, 0.15) is 20.3 Å². The summed E-state index contributed by atoms with van der Waals surface area (Å²) in [5.41, 5.74) is 0. The van der Waals surface area contributed by atoms with Gasteiger partial charge in [-0.15, -0.1) is 0 Å². The second-order valence-corrected chi connectivity index (χ2v) is 4.62. The number of nitrogens with one attached hydrogen (secondary N) is 1. The molecule has 0 aliphatic carbocycles. The van der Waals surface area contributed by atoms with E-state index in [2.05, 4.69) is 26.2 Å². The third-order valence-electron chi connectivity index (χ3n) is 2.51. The van der Waals surface area contributed by atoms with Crippen molar-refractivity contribution >= 4 is 27.7 Å². The molecule has 1 heterocycles. The molecule has 0 radical (unpaired) electrons. The fraction of sp³-hybridized carbons (Fsp3) is 0.455. The van der Waals surface area contributed by atoms with Crippen LogP contribution in [0.4, 0.5) is 5.82 Å². The molecule has 88 valence electrons. The Labute approximate surface area is 103 Å². The molecule has 0 aliphatic rings. The van der Waals surface area contributed by atoms with Crippen molar-refractivity contribution in [3.05, 3.63) is 22.8 Å². The van der Waals surface area contributed by atoms with E-state index in [0.29, 0.717) is 5.82 Å². The summed E-state index contributed by atoms with van der Waals surface area (Å²) in [6, 6.07) is 2.98. The summed E-state index contributed by atoms with van der Waals surface area (Å²) in [4.78, 5) is 15.2. The number of anilines is 1. The molecular weight excluding hydrogens is 272 g/mol. The molecule has 16 heavy (non-hydrogen) atoms. The van der Waals surface area contributed by atoms with E-state index in [0.717, 1.165) is 10.9 Å². The molecule has 1 aromatic rings. The Bertz CT molecular complexity index is 354. The lowest BCUT2D eigenvalue weighted by atomic mass is 9.99. The Morgan fingerprint density at radius 3 is 2.75 bits per heavy atom. The molecule has 1 rings (SSSR count). The second-order valence-electron chi connectivity index (χ2n) is 3.71. The summed E-state index contributed by atoms with van der Waals surface area (Å²) in [6.45, 7) is 3.88. The van der Waals surface area contributed by atoms with Crippen LogP contribution in [0, 0.1) is 5.92 Å². The molecule has 0 aliphatic heterocycles. The number of pyridine rings is 1. The first-order chi connectivity index (χ1) is 7.54. The maximum Gasteiger partial charge on any atom is 0.326 e. The lowest BCUT2D eigenvalue weighted by Gasteiger charge is -2.20. The van der Waals surface area contributed by atoms with Crippen LogP contribution in [-0.4, -0.2) is 22.1 Å². The average molecular weight is 287 g/mol. The van der Waals surface area contributed by atoms with Crippen molar-refractivity contribution in [1.29, 1.82) is 0 Å². The van der Waals surface area contributed by atoms with E-state index in [9.17, 15) is 4.79 Å². The predicted molar refractivity (Wildman–Crippen MR) is 66.4 cm³/mol. The Morgan fingerprint density at radius 1 is 1.62 bits per heavy atom. The number of hydrogen-bond acceptors (Lipinski definition) is 3. The Kier molecular flexibility index (Phi) is 4.73. The Hall–Kier alpha value is -1.10. The largest absolute Gasteiger partial charge is 0.480 e. The highest BCUT2D eigenvalue weighted by atomic mass is 79.9. The van der Waals surface area contributed by atoms with E-state index in [4.69, 9.17) is 5.11 Å². The zero-order chi connectivity index (χ0) is 12.1. The standard InChI is InChI=1S/C11H15BrN2O2/c1-3-7(2)10(11(15)16)14-9-5-4-8(12)6-13-9/h4-7,10H,3H2,1-2H3,(H,13,14)(H,15,16)/t7-,10-/m0/s1. The van der Waals surface area contributed by atoms with Crippen molar-refractivity contribution < 1.29 is 9.90 Å². The summed E-state index contributed by atoms with van der Waals surface area (Å²) in [5.74, 6) is -0.210. The number of aliphatic carboxylic acids is 1. The number of rotatable bonds is 5. The minimum Gasteiger partial charge on any atom is -0.480 e. The molecule has 0 saturated carbocycles. The maximum atomic E-state index is 11.1. The molecule has 0 amide bonds. The molecule has 0 unspecified atom stereocenters. The summed E-state index contributed by atoms with van der Waals surface area (Å²) >= 11 is 3.28. The highest BCUT2D eigenvalue weighted by Gasteiger charge is 2.23. The van der Waals surface area contributed by atoms with Gasteiger partial charge in [-0.25, -0.2) is 9.78 Å². The number of halogens is 1. The van der Waals surface area contributed by atoms with Crippen LogP contribution in [0.5, 0.6) is 0 Å². The van der Waals surface area contributed by atoms with Gasteiger partial charge in [0, 0.05) is 10.7 Å². The van der Waals surface area contributed by atoms with Crippen molar-refractivity contribution in [1.82, 2.24) is 4.98 Å². The third kappa shape index (κ3) is 3.48. The van der Waals surface area contributed by atoms with Gasteiger partial charge in [-0.3, -0.25) is 0 Å². The molecule has 4 nitrogen and oxygen atoms in total. The van der Waals surface area contributed by atoms with E-state index in [1.165, 1.54) is 0 Å². The SMILES string of the molecule is CC[C@H](C)[C@H](Nc1ccc(Br)cn1)C(=O)O. The van der Waals surface area contributed by atoms with Crippen molar-refractivity contribution in [3.8, 4) is 0 Å². The summed E-state index contributed by atoms with van der Waals surface area (Å²) in [6.07, 6.45) is 2.44. The van der Waals surface area contributed by atoms with Crippen LogP contribution in [0.25, 0.3) is 0 Å². The second kappa shape index (κ2) is 5.84. The first-order valence-corrected chi connectivity index (χ1v) is 5.94. The summed E-state index contributed by atoms with van der Waals surface area (Å²) < 4.78 is 0.869. The first-order valence-electron chi connectivity index (χ1n) is 5.15. The quantitative estimate of drug-likeness (QED) is 0.874. The lowest BCUT2D eigenvalue weighted by molar-refractivity contribution is -0.139. The topological polar surface area (TPSA) is 62.2 Å². The monoisotopic (exact) mass is 286 g/mol. The van der Waals surface area contributed by atoms with E-state index >= 15 is 0 Å². The van der Waals surface area contributed by atoms with Gasteiger partial charge in [-0.1, -0.05) is 20.3 Å². The maximum absolute atomic E-state index is 11.1. The average Bonchev–Trinajstić information content (AvgIpc) is 2.27. The fourth-order valence-electron chi connectivity index (χ4n) is 1.30. The Balaban J connectivity index is 2.75. The van der Waals surface area contributed by atoms with Gasteiger partial charge in [0.1, 0.15) is 11.9 Å². The van der Waals surface area contributed by atoms with Gasteiger partial charge in [-0.05, 0) is 34.0 Å². The number of hydrogen-bond donors (Lipinski definition) is 2. The van der Waals surface area contributed by atoms with Crippen LogP contribution in [-0.2, 0) is 4.79 Å². The van der Waals surface area contributed by atoms with E-state index in [1.807, 2.05) is 19.9 Å². The van der Waals surface area contributed by atoms with Gasteiger partial charge in [-0.2, -0.15) is 0 Å². The van der Waals surface area contributed by atoms with E-state index in [-0.39, 0.29) is 5.92 Å². The first kappa shape index (κ1) is 13.0. The van der Waals surface area contributed by atoms with Crippen LogP contribution in [0.3, 0.4) is 0 Å². The van der Waals surface area contributed by atoms with Gasteiger partial charge in [0.05, 0.1) is 0 Å². The zero-order valence-corrected chi connectivity index (χ0v) is 10.9. The van der Waals surface area contributed by atoms with Crippen molar-refractivity contribution in [2.24, 2.45) is 5.92 Å². The van der Waals surface area contributed by atoms with Crippen LogP contribution in [0.2, 0.25) is 0 Å². The number of carboxylic acids is 1. The van der Waals surface area contributed by atoms with Gasteiger partial charge >= 0.3 is 5.97 Å². The molecule has 0 bridgehead atoms. The normalized spacial score (nSPS) is 14.2. The molecule has 1 aromatic heterocycles. The van der Waals surface area contributed by atoms with E-state index < -0.39 is 12.0 Å². The predicted octanol–water partition coefficient (Wildman–Crippen LogP) is 2.76. The number of carbonyl (C=O) groups is 1. The molecule has 0 fully saturated rings. The number of carboxylic acid groups (broad SMARTS) is 1.